The van der Waals surface area contributed by atoms with Crippen LogP contribution in [0, 0.1) is 0 Å². The largest absolute Gasteiger partial charge is 0.454 e. The van der Waals surface area contributed by atoms with Gasteiger partial charge in [-0.05, 0) is 32.1 Å². The second-order valence-corrected chi connectivity index (χ2v) is 3.07. The summed E-state index contributed by atoms with van der Waals surface area (Å²) >= 11 is 0. The van der Waals surface area contributed by atoms with E-state index in [1.54, 1.807) is 0 Å². The maximum Gasteiger partial charge on any atom is 0.231 e. The molecule has 1 aliphatic heterocycles. The molecule has 2 unspecified atom stereocenters. The number of carbonyl (C=O) groups excluding carboxylic acids is 1. The second kappa shape index (κ2) is 3.90. The Morgan fingerprint density at radius 3 is 3.27 bits per heavy atom. The number of benzene rings is 1. The van der Waals surface area contributed by atoms with Crippen molar-refractivity contribution in [2.75, 3.05) is 13.7 Å². The Morgan fingerprint density at radius 2 is 2.47 bits per heavy atom. The minimum Gasteiger partial charge on any atom is -0.454 e. The Labute approximate surface area is 95.2 Å². The molecule has 0 aliphatic carbocycles. The average molecular weight is 212 g/mol. The van der Waals surface area contributed by atoms with E-state index < -0.39 is 25.5 Å². The van der Waals surface area contributed by atoms with Gasteiger partial charge in [0.05, 0.1) is 7.39 Å². The minimum atomic E-state index is -2.60. The lowest BCUT2D eigenvalue weighted by Crippen LogP contribution is -2.30. The molecule has 2 rings (SSSR count). The Balaban J connectivity index is 2.24. The first-order valence-electron chi connectivity index (χ1n) is 6.90. The highest BCUT2D eigenvalue weighted by atomic mass is 16.7. The zero-order chi connectivity index (χ0) is 15.1. The molecule has 0 radical (unpaired) electrons. The number of hydrogen-bond donors (Lipinski definition) is 1. The van der Waals surface area contributed by atoms with Gasteiger partial charge in [-0.2, -0.15) is 0 Å². The summed E-state index contributed by atoms with van der Waals surface area (Å²) in [5.41, 5.74) is 0.107. The van der Waals surface area contributed by atoms with Crippen LogP contribution in [0.25, 0.3) is 0 Å². The first kappa shape index (κ1) is 5.51. The van der Waals surface area contributed by atoms with Gasteiger partial charge in [0.25, 0.3) is 0 Å². The first-order chi connectivity index (χ1) is 9.08. The normalized spacial score (nSPS) is 27.8. The van der Waals surface area contributed by atoms with Gasteiger partial charge in [-0.15, -0.1) is 0 Å². The van der Waals surface area contributed by atoms with E-state index in [-0.39, 0.29) is 11.3 Å². The zero-order valence-corrected chi connectivity index (χ0v) is 8.03. The molecule has 1 N–H and O–H groups in total. The van der Waals surface area contributed by atoms with Crippen LogP contribution in [0.15, 0.2) is 18.2 Å². The molecule has 15 heavy (non-hydrogen) atoms. The van der Waals surface area contributed by atoms with Crippen molar-refractivity contribution in [3.63, 3.8) is 0 Å². The molecule has 0 aromatic heterocycles. The molecular formula is C11H13NO3. The first-order valence-corrected chi connectivity index (χ1v) is 4.32. The lowest BCUT2D eigenvalue weighted by atomic mass is 10.1. The summed E-state index contributed by atoms with van der Waals surface area (Å²) in [5, 5.41) is 1.98. The van der Waals surface area contributed by atoms with Crippen LogP contribution < -0.4 is 14.8 Å². The number of nitrogens with one attached hydrogen (secondary N) is 1. The Kier molecular flexibility index (Phi) is 1.43. The lowest BCUT2D eigenvalue weighted by Gasteiger charge is -2.09. The van der Waals surface area contributed by atoms with Gasteiger partial charge in [0.1, 0.15) is 1.37 Å². The number of Topliss-reactive ketones (excluding diaryl/α,β-unsaturated/α-hetero) is 1. The number of ether oxygens (including phenoxy) is 2. The highest BCUT2D eigenvalue weighted by Crippen LogP contribution is 2.32. The van der Waals surface area contributed by atoms with E-state index in [2.05, 4.69) is 0 Å². The van der Waals surface area contributed by atoms with E-state index in [9.17, 15) is 4.79 Å². The van der Waals surface area contributed by atoms with Crippen molar-refractivity contribution < 1.29 is 21.1 Å². The van der Waals surface area contributed by atoms with E-state index in [1.165, 1.54) is 25.1 Å². The molecule has 1 heterocycles. The van der Waals surface area contributed by atoms with Gasteiger partial charge in [0.15, 0.2) is 17.3 Å². The van der Waals surface area contributed by atoms with Crippen LogP contribution in [0.1, 0.15) is 24.1 Å². The Morgan fingerprint density at radius 1 is 1.67 bits per heavy atom. The molecule has 80 valence electrons. The quantitative estimate of drug-likeness (QED) is 0.765. The van der Waals surface area contributed by atoms with Crippen LogP contribution in [-0.4, -0.2) is 25.5 Å². The second-order valence-electron chi connectivity index (χ2n) is 3.07. The highest BCUT2D eigenvalue weighted by molar-refractivity contribution is 6.00. The summed E-state index contributed by atoms with van der Waals surface area (Å²) in [6, 6.07) is 2.18. The predicted molar refractivity (Wildman–Crippen MR) is 55.4 cm³/mol. The van der Waals surface area contributed by atoms with Gasteiger partial charge in [-0.3, -0.25) is 4.79 Å². The van der Waals surface area contributed by atoms with Gasteiger partial charge in [0.2, 0.25) is 6.77 Å². The van der Waals surface area contributed by atoms with Gasteiger partial charge in [0, 0.05) is 9.68 Å². The van der Waals surface area contributed by atoms with Crippen LogP contribution in [0.3, 0.4) is 0 Å². The van der Waals surface area contributed by atoms with E-state index in [4.69, 9.17) is 16.3 Å². The van der Waals surface area contributed by atoms with Crippen molar-refractivity contribution in [2.45, 2.75) is 12.9 Å². The average Bonchev–Trinajstić information content (AvgIpc) is 2.63. The SMILES string of the molecule is [2H]C1Oc2ccc(C(=O)C([2H])(C)NC([2H])([2H])[2H])cc2O1. The van der Waals surface area contributed by atoms with E-state index >= 15 is 0 Å². The van der Waals surface area contributed by atoms with E-state index in [0.717, 1.165) is 0 Å². The number of rotatable bonds is 3. The molecule has 0 saturated carbocycles. The fourth-order valence-electron chi connectivity index (χ4n) is 1.24. The van der Waals surface area contributed by atoms with E-state index in [1.807, 2.05) is 5.32 Å². The molecule has 4 nitrogen and oxygen atoms in total. The molecule has 0 amide bonds. The summed E-state index contributed by atoms with van der Waals surface area (Å²) in [4.78, 5) is 12.2. The molecule has 1 aliphatic rings. The van der Waals surface area contributed by atoms with Crippen molar-refractivity contribution in [2.24, 2.45) is 0 Å². The van der Waals surface area contributed by atoms with Crippen LogP contribution in [-0.2, 0) is 0 Å². The van der Waals surface area contributed by atoms with Crippen molar-refractivity contribution in [1.29, 1.82) is 0 Å². The third kappa shape index (κ3) is 1.80. The molecule has 0 bridgehead atoms. The third-order valence-corrected chi connectivity index (χ3v) is 2.08. The fraction of sp³-hybridized carbons (Fsp3) is 0.364. The molecule has 1 aromatic rings. The smallest absolute Gasteiger partial charge is 0.231 e. The molecule has 0 fully saturated rings. The van der Waals surface area contributed by atoms with Gasteiger partial charge in [-0.25, -0.2) is 0 Å². The standard InChI is InChI=1S/C11H13NO3/c1-7(12-2)11(13)8-3-4-9-10(5-8)15-6-14-9/h3-5,7,12H,6H2,1-2H3/i2D3,6D,7D. The minimum absolute atomic E-state index is 0.107. The number of likely N-dealkylation sites (N-methyl/N-ethyl adjacent to an activating group) is 1. The third-order valence-electron chi connectivity index (χ3n) is 2.08. The van der Waals surface area contributed by atoms with E-state index in [0.29, 0.717) is 5.75 Å². The van der Waals surface area contributed by atoms with Crippen molar-refractivity contribution in [3.8, 4) is 11.5 Å². The molecule has 1 aromatic carbocycles. The number of carbonyl (C=O) groups is 1. The van der Waals surface area contributed by atoms with Crippen LogP contribution in [0.5, 0.6) is 11.5 Å². The van der Waals surface area contributed by atoms with Gasteiger partial charge < -0.3 is 14.8 Å². The number of hydrogen-bond acceptors (Lipinski definition) is 4. The molecule has 0 saturated heterocycles. The lowest BCUT2D eigenvalue weighted by molar-refractivity contribution is 0.0954. The molecular weight excluding hydrogens is 194 g/mol. The van der Waals surface area contributed by atoms with Gasteiger partial charge >= 0.3 is 0 Å². The van der Waals surface area contributed by atoms with Crippen molar-refractivity contribution >= 4 is 5.78 Å². The Hall–Kier alpha value is -1.55. The highest BCUT2D eigenvalue weighted by Gasteiger charge is 2.18. The summed E-state index contributed by atoms with van der Waals surface area (Å²) in [6.45, 7) is -2.62. The van der Waals surface area contributed by atoms with Crippen LogP contribution >= 0.6 is 0 Å². The zero-order valence-electron chi connectivity index (χ0n) is 13.0. The maximum absolute atomic E-state index is 12.2. The molecule has 0 spiro atoms. The number of ketones is 1. The van der Waals surface area contributed by atoms with Crippen LogP contribution in [0.2, 0.25) is 0 Å². The summed E-state index contributed by atoms with van der Waals surface area (Å²) < 4.78 is 46.3. The van der Waals surface area contributed by atoms with Crippen molar-refractivity contribution in [3.05, 3.63) is 23.8 Å². The van der Waals surface area contributed by atoms with Crippen LogP contribution in [0.4, 0.5) is 0 Å². The van der Waals surface area contributed by atoms with Crippen molar-refractivity contribution in [1.82, 2.24) is 5.32 Å². The predicted octanol–water partition coefficient (Wildman–Crippen LogP) is 1.21. The summed E-state index contributed by atoms with van der Waals surface area (Å²) in [6.07, 6.45) is 0. The van der Waals surface area contributed by atoms with Gasteiger partial charge in [-0.1, -0.05) is 0 Å². The topological polar surface area (TPSA) is 47.6 Å². The summed E-state index contributed by atoms with van der Waals surface area (Å²) in [7, 11) is 0. The fourth-order valence-corrected chi connectivity index (χ4v) is 1.24. The monoisotopic (exact) mass is 212 g/mol. The molecule has 4 heteroatoms. The number of fused-ring (bicyclic) bond motifs is 1. The Bertz CT molecular complexity index is 543. The maximum atomic E-state index is 12.2. The summed E-state index contributed by atoms with van der Waals surface area (Å²) in [5.74, 6) is -0.161. The molecule has 2 atom stereocenters.